The van der Waals surface area contributed by atoms with Gasteiger partial charge in [0.2, 0.25) is 6.79 Å². The average Bonchev–Trinajstić information content (AvgIpc) is 3.02. The Hall–Kier alpha value is -2.08. The fourth-order valence-corrected chi connectivity index (χ4v) is 2.93. The maximum absolute atomic E-state index is 11.9. The minimum atomic E-state index is -0.638. The molecular formula is C17H21NO5. The van der Waals surface area contributed by atoms with Crippen LogP contribution < -0.4 is 9.47 Å². The Morgan fingerprint density at radius 3 is 3.00 bits per heavy atom. The van der Waals surface area contributed by atoms with E-state index in [1.165, 1.54) is 0 Å². The number of carbonyl (C=O) groups excluding carboxylic acids is 2. The lowest BCUT2D eigenvalue weighted by Gasteiger charge is -2.30. The summed E-state index contributed by atoms with van der Waals surface area (Å²) in [5, 5.41) is 0. The van der Waals surface area contributed by atoms with Crippen molar-refractivity contribution in [2.24, 2.45) is 5.92 Å². The van der Waals surface area contributed by atoms with Crippen molar-refractivity contribution in [3.63, 3.8) is 0 Å². The maximum Gasteiger partial charge on any atom is 0.317 e. The smallest absolute Gasteiger partial charge is 0.317 e. The van der Waals surface area contributed by atoms with Gasteiger partial charge in [-0.2, -0.15) is 0 Å². The Bertz CT molecular complexity index is 601. The molecule has 1 atom stereocenters. The molecular weight excluding hydrogens is 298 g/mol. The highest BCUT2D eigenvalue weighted by atomic mass is 16.7. The first kappa shape index (κ1) is 15.8. The molecule has 124 valence electrons. The summed E-state index contributed by atoms with van der Waals surface area (Å²) >= 11 is 0. The number of likely N-dealkylation sites (tertiary alicyclic amines) is 1. The third-order valence-corrected chi connectivity index (χ3v) is 4.23. The van der Waals surface area contributed by atoms with E-state index in [1.54, 1.807) is 6.92 Å². The summed E-state index contributed by atoms with van der Waals surface area (Å²) in [7, 11) is 0. The number of carbonyl (C=O) groups is 2. The van der Waals surface area contributed by atoms with E-state index < -0.39 is 11.9 Å². The van der Waals surface area contributed by atoms with E-state index in [0.717, 1.165) is 30.0 Å². The highest BCUT2D eigenvalue weighted by molar-refractivity contribution is 5.99. The summed E-state index contributed by atoms with van der Waals surface area (Å²) in [4.78, 5) is 25.9. The Morgan fingerprint density at radius 2 is 2.17 bits per heavy atom. The van der Waals surface area contributed by atoms with Gasteiger partial charge in [0.05, 0.1) is 6.61 Å². The predicted molar refractivity (Wildman–Crippen MR) is 82.5 cm³/mol. The second-order valence-electron chi connectivity index (χ2n) is 5.76. The minimum Gasteiger partial charge on any atom is -0.465 e. The molecule has 6 heteroatoms. The van der Waals surface area contributed by atoms with Crippen LogP contribution in [0.5, 0.6) is 11.5 Å². The van der Waals surface area contributed by atoms with Crippen LogP contribution in [0.3, 0.4) is 0 Å². The van der Waals surface area contributed by atoms with E-state index in [4.69, 9.17) is 14.2 Å². The molecule has 0 bridgehead atoms. The molecule has 0 saturated carbocycles. The van der Waals surface area contributed by atoms with Gasteiger partial charge < -0.3 is 19.1 Å². The molecule has 0 radical (unpaired) electrons. The third kappa shape index (κ3) is 3.64. The van der Waals surface area contributed by atoms with Crippen LogP contribution in [0.4, 0.5) is 0 Å². The van der Waals surface area contributed by atoms with Gasteiger partial charge in [-0.1, -0.05) is 6.07 Å². The molecule has 23 heavy (non-hydrogen) atoms. The molecule has 2 heterocycles. The Kier molecular flexibility index (Phi) is 4.81. The summed E-state index contributed by atoms with van der Waals surface area (Å²) < 4.78 is 15.7. The van der Waals surface area contributed by atoms with Crippen LogP contribution in [0.25, 0.3) is 0 Å². The van der Waals surface area contributed by atoms with E-state index in [1.807, 2.05) is 18.2 Å². The van der Waals surface area contributed by atoms with Crippen LogP contribution in [-0.4, -0.2) is 49.7 Å². The SMILES string of the molecule is CCOC(=O)C1CN(CCc2ccc3c(c2)OCO3)CCC1=O. The summed E-state index contributed by atoms with van der Waals surface area (Å²) in [6, 6.07) is 5.92. The molecule has 1 fully saturated rings. The quantitative estimate of drug-likeness (QED) is 0.604. The van der Waals surface area contributed by atoms with Crippen molar-refractivity contribution in [3.8, 4) is 11.5 Å². The van der Waals surface area contributed by atoms with Gasteiger partial charge in [0.15, 0.2) is 11.5 Å². The first-order chi connectivity index (χ1) is 11.2. The van der Waals surface area contributed by atoms with E-state index in [0.29, 0.717) is 26.1 Å². The van der Waals surface area contributed by atoms with Gasteiger partial charge in [0.1, 0.15) is 11.7 Å². The molecule has 3 rings (SSSR count). The van der Waals surface area contributed by atoms with Crippen molar-refractivity contribution in [1.29, 1.82) is 0 Å². The monoisotopic (exact) mass is 319 g/mol. The Morgan fingerprint density at radius 1 is 1.35 bits per heavy atom. The topological polar surface area (TPSA) is 65.1 Å². The fraction of sp³-hybridized carbons (Fsp3) is 0.529. The van der Waals surface area contributed by atoms with Gasteiger partial charge in [-0.05, 0) is 31.0 Å². The van der Waals surface area contributed by atoms with Crippen molar-refractivity contribution in [2.75, 3.05) is 33.0 Å². The summed E-state index contributed by atoms with van der Waals surface area (Å²) in [5.41, 5.74) is 1.15. The number of hydrogen-bond donors (Lipinski definition) is 0. The van der Waals surface area contributed by atoms with E-state index in [2.05, 4.69) is 4.90 Å². The number of Topliss-reactive ketones (excluding diaryl/α,β-unsaturated/α-hetero) is 1. The molecule has 1 unspecified atom stereocenters. The van der Waals surface area contributed by atoms with E-state index in [-0.39, 0.29) is 12.6 Å². The van der Waals surface area contributed by atoms with Crippen LogP contribution in [0.15, 0.2) is 18.2 Å². The van der Waals surface area contributed by atoms with Crippen LogP contribution >= 0.6 is 0 Å². The molecule has 0 N–H and O–H groups in total. The van der Waals surface area contributed by atoms with Crippen molar-refractivity contribution in [2.45, 2.75) is 19.8 Å². The van der Waals surface area contributed by atoms with Crippen LogP contribution in [0.1, 0.15) is 18.9 Å². The number of ether oxygens (including phenoxy) is 3. The third-order valence-electron chi connectivity index (χ3n) is 4.23. The lowest BCUT2D eigenvalue weighted by Crippen LogP contribution is -2.45. The molecule has 2 aliphatic rings. The zero-order valence-corrected chi connectivity index (χ0v) is 13.2. The molecule has 1 aromatic carbocycles. The summed E-state index contributed by atoms with van der Waals surface area (Å²) in [6.45, 7) is 4.26. The Labute approximate surface area is 135 Å². The molecule has 1 saturated heterocycles. The van der Waals surface area contributed by atoms with E-state index >= 15 is 0 Å². The van der Waals surface area contributed by atoms with Crippen LogP contribution in [0.2, 0.25) is 0 Å². The first-order valence-corrected chi connectivity index (χ1v) is 7.97. The lowest BCUT2D eigenvalue weighted by atomic mass is 9.96. The van der Waals surface area contributed by atoms with Crippen molar-refractivity contribution < 1.29 is 23.8 Å². The second-order valence-corrected chi connectivity index (χ2v) is 5.76. The predicted octanol–water partition coefficient (Wildman–Crippen LogP) is 1.41. The summed E-state index contributed by atoms with van der Waals surface area (Å²) in [5.74, 6) is 0.508. The summed E-state index contributed by atoms with van der Waals surface area (Å²) in [6.07, 6.45) is 1.24. The van der Waals surface area contributed by atoms with Gasteiger partial charge in [0, 0.05) is 26.1 Å². The van der Waals surface area contributed by atoms with Gasteiger partial charge in [0.25, 0.3) is 0 Å². The molecule has 0 amide bonds. The second kappa shape index (κ2) is 7.00. The van der Waals surface area contributed by atoms with Crippen LogP contribution in [0, 0.1) is 5.92 Å². The number of hydrogen-bond acceptors (Lipinski definition) is 6. The number of esters is 1. The van der Waals surface area contributed by atoms with Gasteiger partial charge in [-0.3, -0.25) is 9.59 Å². The fourth-order valence-electron chi connectivity index (χ4n) is 2.93. The molecule has 0 aromatic heterocycles. The Balaban J connectivity index is 1.56. The number of piperidine rings is 1. The number of rotatable bonds is 5. The number of nitrogens with zero attached hydrogens (tertiary/aromatic N) is 1. The highest BCUT2D eigenvalue weighted by Crippen LogP contribution is 2.32. The molecule has 0 spiro atoms. The standard InChI is InChI=1S/C17H21NO5/c1-2-21-17(20)13-10-18(8-6-14(13)19)7-5-12-3-4-15-16(9-12)23-11-22-15/h3-4,9,13H,2,5-8,10-11H2,1H3. The molecule has 1 aromatic rings. The average molecular weight is 319 g/mol. The first-order valence-electron chi connectivity index (χ1n) is 7.97. The van der Waals surface area contributed by atoms with Crippen molar-refractivity contribution >= 4 is 11.8 Å². The van der Waals surface area contributed by atoms with Crippen molar-refractivity contribution in [3.05, 3.63) is 23.8 Å². The van der Waals surface area contributed by atoms with Gasteiger partial charge in [-0.25, -0.2) is 0 Å². The number of ketones is 1. The highest BCUT2D eigenvalue weighted by Gasteiger charge is 2.33. The van der Waals surface area contributed by atoms with Crippen LogP contribution in [-0.2, 0) is 20.7 Å². The molecule has 0 aliphatic carbocycles. The molecule has 6 nitrogen and oxygen atoms in total. The number of benzene rings is 1. The number of fused-ring (bicyclic) bond motifs is 1. The normalized spacial score (nSPS) is 20.6. The van der Waals surface area contributed by atoms with Gasteiger partial charge >= 0.3 is 5.97 Å². The zero-order chi connectivity index (χ0) is 16.2. The minimum absolute atomic E-state index is 0.0113. The zero-order valence-electron chi connectivity index (χ0n) is 13.2. The van der Waals surface area contributed by atoms with E-state index in [9.17, 15) is 9.59 Å². The maximum atomic E-state index is 11.9. The lowest BCUT2D eigenvalue weighted by molar-refractivity contribution is -0.153. The largest absolute Gasteiger partial charge is 0.465 e. The van der Waals surface area contributed by atoms with Gasteiger partial charge in [-0.15, -0.1) is 0 Å². The molecule has 2 aliphatic heterocycles. The van der Waals surface area contributed by atoms with Crippen molar-refractivity contribution in [1.82, 2.24) is 4.90 Å².